The topological polar surface area (TPSA) is 61.2 Å². The van der Waals surface area contributed by atoms with Gasteiger partial charge in [0.2, 0.25) is 0 Å². The third-order valence-electron chi connectivity index (χ3n) is 6.87. The lowest BCUT2D eigenvalue weighted by Crippen LogP contribution is -2.47. The average molecular weight is 520 g/mol. The predicted molar refractivity (Wildman–Crippen MR) is 150 cm³/mol. The van der Waals surface area contributed by atoms with E-state index in [1.165, 1.54) is 11.8 Å². The minimum Gasteiger partial charge on any atom is -0.353 e. The molecule has 36 heavy (non-hydrogen) atoms. The first-order valence-electron chi connectivity index (χ1n) is 12.2. The molecule has 3 aromatic rings. The Bertz CT molecular complexity index is 1410. The van der Waals surface area contributed by atoms with Crippen molar-refractivity contribution in [3.63, 3.8) is 0 Å². The zero-order chi connectivity index (χ0) is 25.4. The van der Waals surface area contributed by atoms with Crippen LogP contribution in [0.25, 0.3) is 11.7 Å². The van der Waals surface area contributed by atoms with E-state index in [0.717, 1.165) is 43.9 Å². The summed E-state index contributed by atoms with van der Waals surface area (Å²) in [7, 11) is 0. The highest BCUT2D eigenvalue weighted by Gasteiger charge is 2.36. The van der Waals surface area contributed by atoms with Crippen molar-refractivity contribution in [2.75, 3.05) is 37.6 Å². The van der Waals surface area contributed by atoms with Crippen molar-refractivity contribution in [3.05, 3.63) is 80.6 Å². The van der Waals surface area contributed by atoms with Gasteiger partial charge in [-0.25, -0.2) is 4.98 Å². The van der Waals surface area contributed by atoms with Crippen LogP contribution in [0.1, 0.15) is 36.6 Å². The number of carbonyl (C=O) groups is 1. The SMILES string of the molecule is CCN1CCN(c2nc3ccc(C)cn3c(=O)c2/C=C2\SC(=S)N(C(C)c3ccccc3)C2=O)CC1. The number of nitrogens with zero attached hydrogens (tertiary/aromatic N) is 5. The molecule has 0 aliphatic carbocycles. The monoisotopic (exact) mass is 519 g/mol. The van der Waals surface area contributed by atoms with Crippen LogP contribution in [0.2, 0.25) is 0 Å². The summed E-state index contributed by atoms with van der Waals surface area (Å²) >= 11 is 6.85. The van der Waals surface area contributed by atoms with Crippen LogP contribution >= 0.6 is 24.0 Å². The highest BCUT2D eigenvalue weighted by Crippen LogP contribution is 2.38. The fourth-order valence-electron chi connectivity index (χ4n) is 4.72. The first-order valence-corrected chi connectivity index (χ1v) is 13.4. The number of aryl methyl sites for hydroxylation is 1. The molecular weight excluding hydrogens is 490 g/mol. The Morgan fingerprint density at radius 3 is 2.50 bits per heavy atom. The van der Waals surface area contributed by atoms with E-state index in [1.807, 2.05) is 56.3 Å². The molecule has 2 fully saturated rings. The molecule has 1 atom stereocenters. The Morgan fingerprint density at radius 1 is 1.08 bits per heavy atom. The lowest BCUT2D eigenvalue weighted by Gasteiger charge is -2.35. The maximum absolute atomic E-state index is 13.8. The molecule has 0 radical (unpaired) electrons. The number of hydrogen-bond donors (Lipinski definition) is 0. The third-order valence-corrected chi connectivity index (χ3v) is 8.20. The van der Waals surface area contributed by atoms with Crippen LogP contribution in [-0.4, -0.2) is 62.1 Å². The summed E-state index contributed by atoms with van der Waals surface area (Å²) in [6.07, 6.45) is 3.49. The molecule has 4 heterocycles. The fourth-order valence-corrected chi connectivity index (χ4v) is 6.12. The van der Waals surface area contributed by atoms with E-state index >= 15 is 0 Å². The van der Waals surface area contributed by atoms with Gasteiger partial charge in [0.25, 0.3) is 11.5 Å². The number of amides is 1. The number of thioether (sulfide) groups is 1. The van der Waals surface area contributed by atoms with Gasteiger partial charge in [-0.1, -0.05) is 67.3 Å². The lowest BCUT2D eigenvalue weighted by atomic mass is 10.1. The summed E-state index contributed by atoms with van der Waals surface area (Å²) in [5.41, 5.74) is 2.81. The molecule has 1 aromatic carbocycles. The van der Waals surface area contributed by atoms with Gasteiger partial charge in [-0.2, -0.15) is 0 Å². The standard InChI is InChI=1S/C27H29N5O2S2/c1-4-29-12-14-30(15-13-29)24-21(25(33)31-17-18(2)10-11-23(31)28-24)16-22-26(34)32(27(35)36-22)19(3)20-8-6-5-7-9-20/h5-11,16-17,19H,4,12-15H2,1-3H3/b22-16-. The van der Waals surface area contributed by atoms with Crippen LogP contribution in [0.5, 0.6) is 0 Å². The minimum atomic E-state index is -0.204. The first-order chi connectivity index (χ1) is 17.4. The van der Waals surface area contributed by atoms with Crippen molar-refractivity contribution < 1.29 is 4.79 Å². The van der Waals surface area contributed by atoms with Gasteiger partial charge in [0.1, 0.15) is 15.8 Å². The van der Waals surface area contributed by atoms with Crippen molar-refractivity contribution in [3.8, 4) is 0 Å². The smallest absolute Gasteiger partial charge is 0.267 e. The van der Waals surface area contributed by atoms with Gasteiger partial charge in [0, 0.05) is 32.4 Å². The summed E-state index contributed by atoms with van der Waals surface area (Å²) < 4.78 is 2.06. The summed E-state index contributed by atoms with van der Waals surface area (Å²) in [6.45, 7) is 10.4. The zero-order valence-corrected chi connectivity index (χ0v) is 22.3. The van der Waals surface area contributed by atoms with Crippen molar-refractivity contribution >= 4 is 51.7 Å². The normalized spacial score (nSPS) is 19.0. The van der Waals surface area contributed by atoms with Gasteiger partial charge in [-0.15, -0.1) is 0 Å². The molecule has 2 aliphatic rings. The minimum absolute atomic E-state index is 0.182. The van der Waals surface area contributed by atoms with Crippen LogP contribution < -0.4 is 10.5 Å². The molecular formula is C27H29N5O2S2. The lowest BCUT2D eigenvalue weighted by molar-refractivity contribution is -0.123. The van der Waals surface area contributed by atoms with E-state index < -0.39 is 0 Å². The molecule has 7 nitrogen and oxygen atoms in total. The molecule has 5 rings (SSSR count). The maximum atomic E-state index is 13.8. The van der Waals surface area contributed by atoms with E-state index in [1.54, 1.807) is 21.6 Å². The maximum Gasteiger partial charge on any atom is 0.267 e. The number of piperazine rings is 1. The van der Waals surface area contributed by atoms with Crippen LogP contribution in [0.3, 0.4) is 0 Å². The number of benzene rings is 1. The summed E-state index contributed by atoms with van der Waals surface area (Å²) in [5.74, 6) is 0.442. The quantitative estimate of drug-likeness (QED) is 0.371. The van der Waals surface area contributed by atoms with E-state index in [0.29, 0.717) is 26.3 Å². The van der Waals surface area contributed by atoms with E-state index in [4.69, 9.17) is 17.2 Å². The molecule has 0 N–H and O–H groups in total. The van der Waals surface area contributed by atoms with Crippen molar-refractivity contribution in [1.82, 2.24) is 19.2 Å². The fraction of sp³-hybridized carbons (Fsp3) is 0.333. The molecule has 9 heteroatoms. The molecule has 186 valence electrons. The van der Waals surface area contributed by atoms with Crippen LogP contribution in [0.4, 0.5) is 5.82 Å². The van der Waals surface area contributed by atoms with Crippen LogP contribution in [0, 0.1) is 6.92 Å². The number of rotatable bonds is 5. The van der Waals surface area contributed by atoms with Crippen LogP contribution in [-0.2, 0) is 4.79 Å². The summed E-state index contributed by atoms with van der Waals surface area (Å²) in [5, 5.41) is 0. The molecule has 0 bridgehead atoms. The highest BCUT2D eigenvalue weighted by atomic mass is 32.2. The Hall–Kier alpha value is -3.01. The molecule has 2 aliphatic heterocycles. The Kier molecular flexibility index (Phi) is 6.96. The molecule has 1 unspecified atom stereocenters. The number of carbonyl (C=O) groups excluding carboxylic acids is 1. The van der Waals surface area contributed by atoms with Crippen molar-refractivity contribution in [2.45, 2.75) is 26.8 Å². The Labute approximate surface area is 220 Å². The number of pyridine rings is 1. The summed E-state index contributed by atoms with van der Waals surface area (Å²) in [4.78, 5) is 38.8. The van der Waals surface area contributed by atoms with E-state index in [-0.39, 0.29) is 17.5 Å². The van der Waals surface area contributed by atoms with E-state index in [9.17, 15) is 9.59 Å². The second-order valence-electron chi connectivity index (χ2n) is 9.15. The Morgan fingerprint density at radius 2 is 1.81 bits per heavy atom. The molecule has 2 saturated heterocycles. The van der Waals surface area contributed by atoms with Crippen molar-refractivity contribution in [2.24, 2.45) is 0 Å². The van der Waals surface area contributed by atoms with Crippen LogP contribution in [0.15, 0.2) is 58.4 Å². The molecule has 2 aromatic heterocycles. The number of likely N-dealkylation sites (N-methyl/N-ethyl adjacent to an activating group) is 1. The molecule has 1 amide bonds. The van der Waals surface area contributed by atoms with Gasteiger partial charge < -0.3 is 9.80 Å². The average Bonchev–Trinajstić information content (AvgIpc) is 3.18. The number of thiocarbonyl (C=S) groups is 1. The number of aromatic nitrogens is 2. The highest BCUT2D eigenvalue weighted by molar-refractivity contribution is 8.26. The number of fused-ring (bicyclic) bond motifs is 1. The second kappa shape index (κ2) is 10.2. The molecule has 0 spiro atoms. The number of hydrogen-bond acceptors (Lipinski definition) is 7. The van der Waals surface area contributed by atoms with Gasteiger partial charge in [0.05, 0.1) is 16.5 Å². The van der Waals surface area contributed by atoms with Gasteiger partial charge >= 0.3 is 0 Å². The summed E-state index contributed by atoms with van der Waals surface area (Å²) in [6, 6.07) is 13.4. The van der Waals surface area contributed by atoms with Crippen molar-refractivity contribution in [1.29, 1.82) is 0 Å². The number of anilines is 1. The van der Waals surface area contributed by atoms with E-state index in [2.05, 4.69) is 16.7 Å². The Balaban J connectivity index is 1.57. The van der Waals surface area contributed by atoms with Gasteiger partial charge in [0.15, 0.2) is 0 Å². The molecule has 0 saturated carbocycles. The third kappa shape index (κ3) is 4.58. The largest absolute Gasteiger partial charge is 0.353 e. The predicted octanol–water partition coefficient (Wildman–Crippen LogP) is 4.11. The van der Waals surface area contributed by atoms with Gasteiger partial charge in [-0.3, -0.25) is 18.9 Å². The zero-order valence-electron chi connectivity index (χ0n) is 20.7. The van der Waals surface area contributed by atoms with Gasteiger partial charge in [-0.05, 0) is 43.7 Å². The second-order valence-corrected chi connectivity index (χ2v) is 10.8. The first kappa shape index (κ1) is 24.7.